The Morgan fingerprint density at radius 3 is 2.53 bits per heavy atom. The van der Waals surface area contributed by atoms with Crippen molar-refractivity contribution in [3.8, 4) is 11.5 Å². The Bertz CT molecular complexity index is 1140. The molecule has 0 saturated heterocycles. The third kappa shape index (κ3) is 5.46. The van der Waals surface area contributed by atoms with E-state index in [4.69, 9.17) is 19.0 Å². The van der Waals surface area contributed by atoms with Crippen molar-refractivity contribution in [1.29, 1.82) is 0 Å². The van der Waals surface area contributed by atoms with Crippen LogP contribution in [0.25, 0.3) is 11.0 Å². The zero-order valence-corrected chi connectivity index (χ0v) is 18.7. The molecule has 0 aliphatic heterocycles. The summed E-state index contributed by atoms with van der Waals surface area (Å²) in [5.74, 6) is 0.204. The van der Waals surface area contributed by atoms with E-state index in [1.807, 2.05) is 37.9 Å². The van der Waals surface area contributed by atoms with E-state index in [0.29, 0.717) is 35.7 Å². The Kier molecular flexibility index (Phi) is 7.50. The highest BCUT2D eigenvalue weighted by molar-refractivity contribution is 6.05. The van der Waals surface area contributed by atoms with Crippen LogP contribution in [0.5, 0.6) is 11.5 Å². The Balaban J connectivity index is 1.84. The number of nitrogens with zero attached hydrogens (tertiary/aromatic N) is 1. The number of likely N-dealkylation sites (N-methyl/N-ethyl adjacent to an activating group) is 1. The molecule has 170 valence electrons. The van der Waals surface area contributed by atoms with Crippen LogP contribution >= 0.6 is 0 Å². The van der Waals surface area contributed by atoms with E-state index in [1.54, 1.807) is 24.3 Å². The number of carbonyl (C=O) groups excluding carboxylic acids is 1. The number of methoxy groups -OCH3 is 1. The topological polar surface area (TPSA) is 101 Å². The molecular weight excluding hydrogens is 412 g/mol. The van der Waals surface area contributed by atoms with Gasteiger partial charge in [-0.05, 0) is 56.8 Å². The van der Waals surface area contributed by atoms with Gasteiger partial charge >= 0.3 is 5.63 Å². The number of hydrogen-bond donors (Lipinski definition) is 2. The van der Waals surface area contributed by atoms with Crippen molar-refractivity contribution < 1.29 is 23.8 Å². The van der Waals surface area contributed by atoms with Crippen LogP contribution in [0.2, 0.25) is 0 Å². The smallest absolute Gasteiger partial charge is 0.349 e. The lowest BCUT2D eigenvalue weighted by Crippen LogP contribution is -2.22. The predicted molar refractivity (Wildman–Crippen MR) is 123 cm³/mol. The first kappa shape index (κ1) is 23.3. The number of benzene rings is 2. The number of carbonyl (C=O) groups is 1. The molecular formula is C24H28N2O6. The van der Waals surface area contributed by atoms with Crippen LogP contribution in [0, 0.1) is 0 Å². The van der Waals surface area contributed by atoms with Crippen LogP contribution in [0.4, 0.5) is 5.69 Å². The zero-order chi connectivity index (χ0) is 23.3. The van der Waals surface area contributed by atoms with Crippen LogP contribution in [-0.4, -0.2) is 49.3 Å². The number of aliphatic hydroxyl groups is 1. The minimum absolute atomic E-state index is 0.0941. The standard InChI is InChI=1S/C24H28N2O6/c1-15(2)31-22-20(30-4)10-7-17-13-19(24(29)32-21(17)22)23(28)25-18-8-5-16(6-9-18)14-26(3)11-12-27/h5-10,13,15,27H,11-12,14H2,1-4H3,(H,25,28). The Morgan fingerprint density at radius 1 is 1.19 bits per heavy atom. The summed E-state index contributed by atoms with van der Waals surface area (Å²) in [7, 11) is 3.42. The van der Waals surface area contributed by atoms with E-state index in [0.717, 1.165) is 5.56 Å². The van der Waals surface area contributed by atoms with Crippen molar-refractivity contribution in [2.24, 2.45) is 0 Å². The average molecular weight is 440 g/mol. The van der Waals surface area contributed by atoms with Gasteiger partial charge in [0, 0.05) is 24.2 Å². The lowest BCUT2D eigenvalue weighted by Gasteiger charge is -2.15. The fourth-order valence-electron chi connectivity index (χ4n) is 3.26. The number of ether oxygens (including phenoxy) is 2. The highest BCUT2D eigenvalue weighted by Crippen LogP contribution is 2.36. The SMILES string of the molecule is COc1ccc2cc(C(=O)Nc3ccc(CN(C)CCO)cc3)c(=O)oc2c1OC(C)C. The number of amides is 1. The van der Waals surface area contributed by atoms with Crippen molar-refractivity contribution >= 4 is 22.6 Å². The van der Waals surface area contributed by atoms with Gasteiger partial charge < -0.3 is 24.3 Å². The Morgan fingerprint density at radius 2 is 1.91 bits per heavy atom. The van der Waals surface area contributed by atoms with E-state index < -0.39 is 11.5 Å². The molecule has 0 atom stereocenters. The molecule has 0 spiro atoms. The number of nitrogens with one attached hydrogen (secondary N) is 1. The Labute approximate surface area is 186 Å². The molecule has 2 aromatic carbocycles. The van der Waals surface area contributed by atoms with Crippen molar-refractivity contribution in [1.82, 2.24) is 4.90 Å². The second kappa shape index (κ2) is 10.3. The number of fused-ring (bicyclic) bond motifs is 1. The normalized spacial score (nSPS) is 11.2. The number of aliphatic hydroxyl groups excluding tert-OH is 1. The maximum Gasteiger partial charge on any atom is 0.349 e. The highest BCUT2D eigenvalue weighted by atomic mass is 16.5. The summed E-state index contributed by atoms with van der Waals surface area (Å²) in [5, 5.41) is 12.3. The second-order valence-electron chi connectivity index (χ2n) is 7.74. The van der Waals surface area contributed by atoms with Crippen molar-refractivity contribution in [2.75, 3.05) is 32.6 Å². The third-order valence-electron chi connectivity index (χ3n) is 4.79. The summed E-state index contributed by atoms with van der Waals surface area (Å²) >= 11 is 0. The van der Waals surface area contributed by atoms with E-state index >= 15 is 0 Å². The van der Waals surface area contributed by atoms with Crippen LogP contribution in [0.15, 0.2) is 51.7 Å². The molecule has 0 radical (unpaired) electrons. The molecule has 0 bridgehead atoms. The molecule has 1 aromatic heterocycles. The molecule has 3 rings (SSSR count). The van der Waals surface area contributed by atoms with Gasteiger partial charge in [0.05, 0.1) is 19.8 Å². The summed E-state index contributed by atoms with van der Waals surface area (Å²) in [5.41, 5.74) is 0.956. The first-order valence-corrected chi connectivity index (χ1v) is 10.3. The van der Waals surface area contributed by atoms with Gasteiger partial charge in [-0.1, -0.05) is 12.1 Å². The number of rotatable bonds is 9. The average Bonchev–Trinajstić information content (AvgIpc) is 2.75. The second-order valence-corrected chi connectivity index (χ2v) is 7.74. The van der Waals surface area contributed by atoms with Gasteiger partial charge in [-0.15, -0.1) is 0 Å². The summed E-state index contributed by atoms with van der Waals surface area (Å²) in [4.78, 5) is 27.3. The molecule has 32 heavy (non-hydrogen) atoms. The molecule has 1 amide bonds. The first-order chi connectivity index (χ1) is 15.3. The minimum Gasteiger partial charge on any atom is -0.493 e. The lowest BCUT2D eigenvalue weighted by atomic mass is 10.1. The zero-order valence-electron chi connectivity index (χ0n) is 18.7. The molecule has 0 unspecified atom stereocenters. The van der Waals surface area contributed by atoms with Gasteiger partial charge in [0.2, 0.25) is 5.75 Å². The summed E-state index contributed by atoms with van der Waals surface area (Å²) in [6, 6.07) is 12.2. The van der Waals surface area contributed by atoms with Gasteiger partial charge in [0.1, 0.15) is 5.56 Å². The fraction of sp³-hybridized carbons (Fsp3) is 0.333. The lowest BCUT2D eigenvalue weighted by molar-refractivity contribution is 0.102. The molecule has 0 aliphatic rings. The molecule has 0 fully saturated rings. The van der Waals surface area contributed by atoms with Gasteiger partial charge in [-0.2, -0.15) is 0 Å². The van der Waals surface area contributed by atoms with E-state index in [2.05, 4.69) is 5.32 Å². The van der Waals surface area contributed by atoms with Gasteiger partial charge in [-0.25, -0.2) is 4.79 Å². The van der Waals surface area contributed by atoms with Crippen LogP contribution in [-0.2, 0) is 6.54 Å². The van der Waals surface area contributed by atoms with Crippen LogP contribution in [0.3, 0.4) is 0 Å². The van der Waals surface area contributed by atoms with Crippen molar-refractivity contribution in [3.05, 3.63) is 64.0 Å². The molecule has 8 nitrogen and oxygen atoms in total. The van der Waals surface area contributed by atoms with E-state index in [1.165, 1.54) is 13.2 Å². The van der Waals surface area contributed by atoms with Gasteiger partial charge in [0.25, 0.3) is 5.91 Å². The molecule has 3 aromatic rings. The predicted octanol–water partition coefficient (Wildman–Crippen LogP) is 3.27. The van der Waals surface area contributed by atoms with Crippen LogP contribution < -0.4 is 20.4 Å². The summed E-state index contributed by atoms with van der Waals surface area (Å²) in [6.45, 7) is 5.05. The molecule has 8 heteroatoms. The maximum atomic E-state index is 12.7. The van der Waals surface area contributed by atoms with E-state index in [9.17, 15) is 9.59 Å². The number of anilines is 1. The van der Waals surface area contributed by atoms with Gasteiger partial charge in [-0.3, -0.25) is 9.69 Å². The molecule has 2 N–H and O–H groups in total. The van der Waals surface area contributed by atoms with Crippen molar-refractivity contribution in [2.45, 2.75) is 26.5 Å². The van der Waals surface area contributed by atoms with Gasteiger partial charge in [0.15, 0.2) is 11.3 Å². The highest BCUT2D eigenvalue weighted by Gasteiger charge is 2.19. The first-order valence-electron chi connectivity index (χ1n) is 10.3. The molecule has 1 heterocycles. The summed E-state index contributed by atoms with van der Waals surface area (Å²) in [6.07, 6.45) is -0.158. The van der Waals surface area contributed by atoms with E-state index in [-0.39, 0.29) is 23.9 Å². The maximum absolute atomic E-state index is 12.7. The number of hydrogen-bond acceptors (Lipinski definition) is 7. The quantitative estimate of drug-likeness (QED) is 0.493. The summed E-state index contributed by atoms with van der Waals surface area (Å²) < 4.78 is 16.6. The van der Waals surface area contributed by atoms with Crippen LogP contribution in [0.1, 0.15) is 29.8 Å². The largest absolute Gasteiger partial charge is 0.493 e. The van der Waals surface area contributed by atoms with Crippen molar-refractivity contribution in [3.63, 3.8) is 0 Å². The third-order valence-corrected chi connectivity index (χ3v) is 4.79. The minimum atomic E-state index is -0.765. The molecule has 0 saturated carbocycles. The monoisotopic (exact) mass is 440 g/mol. The Hall–Kier alpha value is -3.36. The fourth-order valence-corrected chi connectivity index (χ4v) is 3.26. The molecule has 0 aliphatic carbocycles.